The summed E-state index contributed by atoms with van der Waals surface area (Å²) in [5, 5.41) is 1.94. The molecule has 2 aliphatic rings. The number of fused-ring (bicyclic) bond motifs is 1. The van der Waals surface area contributed by atoms with Gasteiger partial charge < -0.3 is 15.5 Å². The maximum absolute atomic E-state index is 11.9. The third-order valence-electron chi connectivity index (χ3n) is 6.28. The van der Waals surface area contributed by atoms with Crippen LogP contribution in [0.3, 0.4) is 0 Å². The van der Waals surface area contributed by atoms with Crippen molar-refractivity contribution in [3.05, 3.63) is 39.8 Å². The van der Waals surface area contributed by atoms with Crippen LogP contribution in [0.4, 0.5) is 0 Å². The number of nitrogens with one attached hydrogen (secondary N) is 1. The summed E-state index contributed by atoms with van der Waals surface area (Å²) in [7, 11) is 0. The van der Waals surface area contributed by atoms with Crippen LogP contribution in [0.25, 0.3) is 10.8 Å². The quantitative estimate of drug-likeness (QED) is 0.856. The number of aromatic amines is 1. The molecule has 1 aromatic heterocycles. The molecule has 0 saturated heterocycles. The topological polar surface area (TPSA) is 68.1 Å². The van der Waals surface area contributed by atoms with Crippen molar-refractivity contribution in [3.63, 3.8) is 0 Å². The first kappa shape index (κ1) is 16.9. The van der Waals surface area contributed by atoms with E-state index in [1.807, 2.05) is 12.1 Å². The molecular formula is C20H25ClN2O2. The molecule has 0 radical (unpaired) electrons. The van der Waals surface area contributed by atoms with Gasteiger partial charge in [-0.3, -0.25) is 4.79 Å². The molecule has 5 heteroatoms. The molecule has 4 nitrogen and oxygen atoms in total. The number of pyridine rings is 1. The summed E-state index contributed by atoms with van der Waals surface area (Å²) >= 11 is 6.36. The molecule has 4 rings (SSSR count). The molecule has 2 aliphatic carbocycles. The van der Waals surface area contributed by atoms with Gasteiger partial charge in [0.2, 0.25) is 0 Å². The SMILES string of the molecule is CC(N)[C@]1(C2CC2)CC[C@H](Oc2cc3cc[nH]c(=O)c3cc2Cl)CC1. The third-order valence-corrected chi connectivity index (χ3v) is 6.58. The van der Waals surface area contributed by atoms with E-state index in [9.17, 15) is 4.79 Å². The van der Waals surface area contributed by atoms with Crippen molar-refractivity contribution >= 4 is 22.4 Å². The molecule has 0 aliphatic heterocycles. The fourth-order valence-electron chi connectivity index (χ4n) is 4.60. The van der Waals surface area contributed by atoms with Crippen molar-refractivity contribution in [1.82, 2.24) is 4.98 Å². The Kier molecular flexibility index (Phi) is 4.28. The smallest absolute Gasteiger partial charge is 0.255 e. The van der Waals surface area contributed by atoms with Crippen molar-refractivity contribution in [3.8, 4) is 5.75 Å². The normalized spacial score (nSPS) is 28.0. The fourth-order valence-corrected chi connectivity index (χ4v) is 4.81. The van der Waals surface area contributed by atoms with E-state index in [1.54, 1.807) is 12.3 Å². The van der Waals surface area contributed by atoms with Gasteiger partial charge >= 0.3 is 0 Å². The van der Waals surface area contributed by atoms with E-state index < -0.39 is 0 Å². The van der Waals surface area contributed by atoms with Crippen molar-refractivity contribution in [1.29, 1.82) is 0 Å². The molecule has 0 bridgehead atoms. The van der Waals surface area contributed by atoms with Crippen LogP contribution in [0.1, 0.15) is 45.4 Å². The Hall–Kier alpha value is -1.52. The van der Waals surface area contributed by atoms with Gasteiger partial charge in [-0.05, 0) is 80.4 Å². The highest BCUT2D eigenvalue weighted by Crippen LogP contribution is 2.55. The van der Waals surface area contributed by atoms with Gasteiger partial charge in [-0.2, -0.15) is 0 Å². The number of rotatable bonds is 4. The van der Waals surface area contributed by atoms with Crippen LogP contribution >= 0.6 is 11.6 Å². The summed E-state index contributed by atoms with van der Waals surface area (Å²) in [5.41, 5.74) is 6.52. The van der Waals surface area contributed by atoms with Crippen LogP contribution in [0, 0.1) is 11.3 Å². The molecule has 1 heterocycles. The van der Waals surface area contributed by atoms with E-state index >= 15 is 0 Å². The average Bonchev–Trinajstić information content (AvgIpc) is 3.42. The molecular weight excluding hydrogens is 336 g/mol. The number of hydrogen-bond donors (Lipinski definition) is 2. The van der Waals surface area contributed by atoms with Crippen LogP contribution in [0.2, 0.25) is 5.02 Å². The first-order valence-corrected chi connectivity index (χ1v) is 9.60. The minimum Gasteiger partial charge on any atom is -0.489 e. The highest BCUT2D eigenvalue weighted by Gasteiger charge is 2.49. The summed E-state index contributed by atoms with van der Waals surface area (Å²) in [4.78, 5) is 14.5. The van der Waals surface area contributed by atoms with E-state index in [1.165, 1.54) is 12.8 Å². The highest BCUT2D eigenvalue weighted by atomic mass is 35.5. The zero-order chi connectivity index (χ0) is 17.6. The Morgan fingerprint density at radius 3 is 2.64 bits per heavy atom. The van der Waals surface area contributed by atoms with Gasteiger partial charge in [0.15, 0.2) is 0 Å². The van der Waals surface area contributed by atoms with Gasteiger partial charge in [-0.25, -0.2) is 0 Å². The molecule has 2 aromatic rings. The lowest BCUT2D eigenvalue weighted by Gasteiger charge is -2.43. The zero-order valence-corrected chi connectivity index (χ0v) is 15.3. The van der Waals surface area contributed by atoms with Crippen molar-refractivity contribution < 1.29 is 4.74 Å². The Morgan fingerprint density at radius 1 is 1.28 bits per heavy atom. The number of hydrogen-bond acceptors (Lipinski definition) is 3. The first-order valence-electron chi connectivity index (χ1n) is 9.23. The van der Waals surface area contributed by atoms with Gasteiger partial charge in [-0.15, -0.1) is 0 Å². The maximum Gasteiger partial charge on any atom is 0.255 e. The average molecular weight is 361 g/mol. The zero-order valence-electron chi connectivity index (χ0n) is 14.6. The Morgan fingerprint density at radius 2 is 2.00 bits per heavy atom. The monoisotopic (exact) mass is 360 g/mol. The summed E-state index contributed by atoms with van der Waals surface area (Å²) in [6.45, 7) is 2.16. The summed E-state index contributed by atoms with van der Waals surface area (Å²) in [6.07, 6.45) is 8.77. The molecule has 1 unspecified atom stereocenters. The second-order valence-corrected chi connectivity index (χ2v) is 8.20. The van der Waals surface area contributed by atoms with Crippen molar-refractivity contribution in [2.24, 2.45) is 17.1 Å². The van der Waals surface area contributed by atoms with Crippen LogP contribution < -0.4 is 16.0 Å². The van der Waals surface area contributed by atoms with Gasteiger partial charge in [0.25, 0.3) is 5.56 Å². The lowest BCUT2D eigenvalue weighted by Crippen LogP contribution is -2.45. The molecule has 1 atom stereocenters. The molecule has 0 amide bonds. The minimum atomic E-state index is -0.130. The number of benzene rings is 1. The van der Waals surface area contributed by atoms with Crippen LogP contribution in [0.15, 0.2) is 29.2 Å². The van der Waals surface area contributed by atoms with Crippen molar-refractivity contribution in [2.75, 3.05) is 0 Å². The minimum absolute atomic E-state index is 0.130. The van der Waals surface area contributed by atoms with E-state index in [0.29, 0.717) is 21.6 Å². The standard InChI is InChI=1S/C20H25ClN2O2/c1-12(22)20(14-2-3-14)7-4-15(5-8-20)25-18-10-13-6-9-23-19(24)16(13)11-17(18)21/h6,9-12,14-15H,2-5,7-8,22H2,1H3,(H,23,24)/t12?,15-,20-. The summed E-state index contributed by atoms with van der Waals surface area (Å²) in [6, 6.07) is 5.69. The van der Waals surface area contributed by atoms with Gasteiger partial charge in [0, 0.05) is 17.6 Å². The number of H-pyrrole nitrogens is 1. The molecule has 25 heavy (non-hydrogen) atoms. The first-order chi connectivity index (χ1) is 12.0. The number of halogens is 1. The second-order valence-electron chi connectivity index (χ2n) is 7.79. The second kappa shape index (κ2) is 6.33. The molecule has 0 spiro atoms. The maximum atomic E-state index is 11.9. The third kappa shape index (κ3) is 3.06. The number of ether oxygens (including phenoxy) is 1. The largest absolute Gasteiger partial charge is 0.489 e. The predicted molar refractivity (Wildman–Crippen MR) is 101 cm³/mol. The Bertz CT molecular complexity index is 829. The van der Waals surface area contributed by atoms with Crippen LogP contribution in [-0.2, 0) is 0 Å². The predicted octanol–water partition coefficient (Wildman–Crippen LogP) is 4.25. The number of nitrogens with two attached hydrogens (primary N) is 1. The Labute approximate surface area is 152 Å². The van der Waals surface area contributed by atoms with Crippen molar-refractivity contribution in [2.45, 2.75) is 57.6 Å². The van der Waals surface area contributed by atoms with Crippen LogP contribution in [0.5, 0.6) is 5.75 Å². The highest BCUT2D eigenvalue weighted by molar-refractivity contribution is 6.32. The number of aromatic nitrogens is 1. The van der Waals surface area contributed by atoms with E-state index in [-0.39, 0.29) is 17.7 Å². The fraction of sp³-hybridized carbons (Fsp3) is 0.550. The lowest BCUT2D eigenvalue weighted by atomic mass is 9.66. The van der Waals surface area contributed by atoms with E-state index in [2.05, 4.69) is 11.9 Å². The summed E-state index contributed by atoms with van der Waals surface area (Å²) in [5.74, 6) is 1.48. The van der Waals surface area contributed by atoms with E-state index in [4.69, 9.17) is 22.1 Å². The molecule has 2 fully saturated rings. The Balaban J connectivity index is 1.51. The van der Waals surface area contributed by atoms with Gasteiger partial charge in [-0.1, -0.05) is 11.6 Å². The molecule has 1 aromatic carbocycles. The van der Waals surface area contributed by atoms with E-state index in [0.717, 1.165) is 37.0 Å². The van der Waals surface area contributed by atoms with Crippen LogP contribution in [-0.4, -0.2) is 17.1 Å². The molecule has 134 valence electrons. The van der Waals surface area contributed by atoms with Gasteiger partial charge in [0.05, 0.1) is 11.1 Å². The molecule has 3 N–H and O–H groups in total. The summed E-state index contributed by atoms with van der Waals surface area (Å²) < 4.78 is 6.22. The lowest BCUT2D eigenvalue weighted by molar-refractivity contribution is 0.0489. The molecule has 2 saturated carbocycles. The van der Waals surface area contributed by atoms with Gasteiger partial charge in [0.1, 0.15) is 5.75 Å².